The van der Waals surface area contributed by atoms with Crippen molar-refractivity contribution in [3.8, 4) is 0 Å². The molecule has 0 heterocycles. The minimum absolute atomic E-state index is 1.01. The molecule has 68 valence electrons. The van der Waals surface area contributed by atoms with Crippen LogP contribution in [0, 0.1) is 0 Å². The van der Waals surface area contributed by atoms with Crippen LogP contribution in [0.4, 0.5) is 0 Å². The lowest BCUT2D eigenvalue weighted by Crippen LogP contribution is -2.35. The van der Waals surface area contributed by atoms with Gasteiger partial charge in [0.25, 0.3) is 0 Å². The molecule has 0 fully saturated rings. The molecule has 0 aromatic heterocycles. The van der Waals surface area contributed by atoms with E-state index in [0.29, 0.717) is 0 Å². The summed E-state index contributed by atoms with van der Waals surface area (Å²) in [4.78, 5) is 0. The largest absolute Gasteiger partial charge is 0.423 e. The highest BCUT2D eigenvalue weighted by Crippen LogP contribution is 2.36. The average Bonchev–Trinajstić information content (AvgIpc) is 1.86. The van der Waals surface area contributed by atoms with Crippen molar-refractivity contribution >= 4 is 72.3 Å². The van der Waals surface area contributed by atoms with E-state index >= 15 is 0 Å². The first-order chi connectivity index (χ1) is 4.83. The van der Waals surface area contributed by atoms with Crippen LogP contribution in [0.15, 0.2) is 0 Å². The van der Waals surface area contributed by atoms with Crippen molar-refractivity contribution in [2.75, 3.05) is 0 Å². The first-order valence-electron chi connectivity index (χ1n) is 3.29. The van der Waals surface area contributed by atoms with Gasteiger partial charge in [-0.1, -0.05) is 75.0 Å². The highest BCUT2D eigenvalue weighted by Gasteiger charge is 2.37. The van der Waals surface area contributed by atoms with Crippen molar-refractivity contribution in [2.24, 2.45) is 0 Å². The van der Waals surface area contributed by atoms with Gasteiger partial charge < -0.3 is 4.12 Å². The molecule has 0 radical (unpaired) electrons. The second kappa shape index (κ2) is 5.26. The molecule has 0 aromatic rings. The van der Waals surface area contributed by atoms with E-state index in [2.05, 4.69) is 75.0 Å². The van der Waals surface area contributed by atoms with Crippen LogP contribution in [-0.4, -0.2) is 11.1 Å². The van der Waals surface area contributed by atoms with Crippen LogP contribution in [0.2, 0.25) is 12.1 Å². The highest BCUT2D eigenvalue weighted by atomic mass is 79.9. The zero-order valence-electron chi connectivity index (χ0n) is 6.33. The molecule has 0 bridgehead atoms. The fourth-order valence-electron chi connectivity index (χ4n) is 0.363. The maximum absolute atomic E-state index is 5.87. The van der Waals surface area contributed by atoms with Crippen molar-refractivity contribution in [3.63, 3.8) is 0 Å². The average molecular weight is 450 g/mol. The van der Waals surface area contributed by atoms with Gasteiger partial charge in [-0.05, 0) is 12.1 Å². The zero-order chi connectivity index (χ0) is 9.12. The number of rotatable bonds is 4. The van der Waals surface area contributed by atoms with E-state index in [4.69, 9.17) is 4.12 Å². The summed E-state index contributed by atoms with van der Waals surface area (Å²) < 4.78 is 5.87. The molecule has 0 N–H and O–H groups in total. The topological polar surface area (TPSA) is 9.23 Å². The Kier molecular flexibility index (Phi) is 6.36. The molecule has 0 spiro atoms. The summed E-state index contributed by atoms with van der Waals surface area (Å²) in [5.41, 5.74) is -3.48. The lowest BCUT2D eigenvalue weighted by molar-refractivity contribution is 0.615. The van der Waals surface area contributed by atoms with Crippen LogP contribution in [0.1, 0.15) is 13.8 Å². The van der Waals surface area contributed by atoms with Gasteiger partial charge in [0.05, 0.1) is 0 Å². The number of hydrogen-bond donors (Lipinski definition) is 0. The predicted molar refractivity (Wildman–Crippen MR) is 69.3 cm³/mol. The van der Waals surface area contributed by atoms with E-state index in [0.717, 1.165) is 12.1 Å². The van der Waals surface area contributed by atoms with Crippen LogP contribution in [0.25, 0.3) is 0 Å². The third kappa shape index (κ3) is 6.39. The zero-order valence-corrected chi connectivity index (χ0v) is 14.7. The van der Waals surface area contributed by atoms with Crippen LogP contribution >= 0.6 is 61.2 Å². The van der Waals surface area contributed by atoms with Crippen molar-refractivity contribution < 1.29 is 4.12 Å². The van der Waals surface area contributed by atoms with Crippen molar-refractivity contribution in [2.45, 2.75) is 25.9 Å². The van der Waals surface area contributed by atoms with Crippen molar-refractivity contribution in [1.82, 2.24) is 0 Å². The van der Waals surface area contributed by atoms with E-state index < -0.39 is 11.1 Å². The Morgan fingerprint density at radius 3 is 1.36 bits per heavy atom. The van der Waals surface area contributed by atoms with Crippen LogP contribution in [0.3, 0.4) is 0 Å². The Labute approximate surface area is 101 Å². The van der Waals surface area contributed by atoms with E-state index in [1.54, 1.807) is 0 Å². The molecule has 0 amide bonds. The van der Waals surface area contributed by atoms with Gasteiger partial charge in [0.1, 0.15) is 0 Å². The predicted octanol–water partition coefficient (Wildman–Crippen LogP) is 4.50. The maximum Gasteiger partial charge on any atom is 0.326 e. The maximum atomic E-state index is 5.87. The second-order valence-corrected chi connectivity index (χ2v) is 28.6. The van der Waals surface area contributed by atoms with Gasteiger partial charge in [-0.15, -0.1) is 0 Å². The quantitative estimate of drug-likeness (QED) is 0.453. The molecule has 11 heavy (non-hydrogen) atoms. The lowest BCUT2D eigenvalue weighted by atomic mass is 11.0. The molecule has 7 heteroatoms. The Bertz CT molecular complexity index is 115. The molecule has 0 aliphatic carbocycles. The van der Waals surface area contributed by atoms with Gasteiger partial charge in [0.15, 0.2) is 0 Å². The minimum Gasteiger partial charge on any atom is -0.423 e. The van der Waals surface area contributed by atoms with Gasteiger partial charge >= 0.3 is 11.1 Å². The Balaban J connectivity index is 4.02. The summed E-state index contributed by atoms with van der Waals surface area (Å²) in [7, 11) is 0. The molecule has 0 unspecified atom stereocenters. The van der Waals surface area contributed by atoms with Crippen molar-refractivity contribution in [1.29, 1.82) is 0 Å². The van der Waals surface area contributed by atoms with Gasteiger partial charge in [-0.25, -0.2) is 0 Å². The van der Waals surface area contributed by atoms with E-state index in [-0.39, 0.29) is 0 Å². The van der Waals surface area contributed by atoms with E-state index in [1.807, 2.05) is 0 Å². The molecule has 1 nitrogen and oxygen atoms in total. The summed E-state index contributed by atoms with van der Waals surface area (Å²) >= 11 is 14.3. The normalized spacial score (nSPS) is 13.6. The van der Waals surface area contributed by atoms with E-state index in [1.165, 1.54) is 0 Å². The van der Waals surface area contributed by atoms with Gasteiger partial charge in [0.2, 0.25) is 0 Å². The summed E-state index contributed by atoms with van der Waals surface area (Å²) in [5.74, 6) is 0. The molecule has 0 aromatic carbocycles. The summed E-state index contributed by atoms with van der Waals surface area (Å²) in [6.07, 6.45) is 0. The summed E-state index contributed by atoms with van der Waals surface area (Å²) in [6, 6.07) is 2.03. The standard InChI is InChI=1S/C4H10Br4OSi2/c1-3-10(5,6)9-11(7,8)4-2/h3-4H2,1-2H3. The van der Waals surface area contributed by atoms with Gasteiger partial charge in [-0.3, -0.25) is 0 Å². The molecule has 0 atom stereocenters. The molecular weight excluding hydrogens is 440 g/mol. The van der Waals surface area contributed by atoms with Crippen molar-refractivity contribution in [3.05, 3.63) is 0 Å². The van der Waals surface area contributed by atoms with Gasteiger partial charge in [0, 0.05) is 0 Å². The summed E-state index contributed by atoms with van der Waals surface area (Å²) in [6.45, 7) is 4.21. The van der Waals surface area contributed by atoms with Crippen LogP contribution in [0.5, 0.6) is 0 Å². The lowest BCUT2D eigenvalue weighted by Gasteiger charge is -2.25. The smallest absolute Gasteiger partial charge is 0.326 e. The summed E-state index contributed by atoms with van der Waals surface area (Å²) in [5, 5.41) is 0. The van der Waals surface area contributed by atoms with Gasteiger partial charge in [-0.2, -0.15) is 0 Å². The first kappa shape index (κ1) is 13.3. The highest BCUT2D eigenvalue weighted by molar-refractivity contribution is 9.52. The van der Waals surface area contributed by atoms with Crippen LogP contribution < -0.4 is 0 Å². The molecule has 0 saturated heterocycles. The number of hydrogen-bond acceptors (Lipinski definition) is 1. The Hall–Kier alpha value is 2.31. The first-order valence-corrected chi connectivity index (χ1v) is 16.5. The monoisotopic (exact) mass is 446 g/mol. The molecule has 0 aliphatic heterocycles. The van der Waals surface area contributed by atoms with Crippen LogP contribution in [-0.2, 0) is 4.12 Å². The van der Waals surface area contributed by atoms with E-state index in [9.17, 15) is 0 Å². The molecule has 0 rings (SSSR count). The fourth-order valence-corrected chi connectivity index (χ4v) is 21.0. The molecule has 0 saturated carbocycles. The fraction of sp³-hybridized carbons (Fsp3) is 1.00. The Morgan fingerprint density at radius 2 is 1.18 bits per heavy atom. The third-order valence-corrected chi connectivity index (χ3v) is 17.7. The number of halogens is 4. The molecular formula is C4H10Br4OSi2. The SMILES string of the molecule is CC[Si](Br)(Br)O[Si](Br)(Br)CC. The Morgan fingerprint density at radius 1 is 0.909 bits per heavy atom. The second-order valence-electron chi connectivity index (χ2n) is 2.08. The minimum atomic E-state index is -1.74. The molecule has 0 aliphatic rings. The third-order valence-electron chi connectivity index (χ3n) is 1.12.